The molecule has 0 N–H and O–H groups in total. The number of allylic oxidation sites excluding steroid dienone is 4. The van der Waals surface area contributed by atoms with Crippen LogP contribution in [0.25, 0.3) is 16.3 Å². The van der Waals surface area contributed by atoms with Gasteiger partial charge in [0, 0.05) is 6.61 Å². The molecule has 0 aliphatic heterocycles. The van der Waals surface area contributed by atoms with Gasteiger partial charge >= 0.3 is 26.2 Å². The summed E-state index contributed by atoms with van der Waals surface area (Å²) >= 11 is 0. The van der Waals surface area contributed by atoms with Gasteiger partial charge in [-0.05, 0) is 38.9 Å². The van der Waals surface area contributed by atoms with Crippen LogP contribution < -0.4 is 24.8 Å². The van der Waals surface area contributed by atoms with Crippen molar-refractivity contribution in [2.75, 3.05) is 6.61 Å². The molecule has 0 atom stereocenters. The van der Waals surface area contributed by atoms with Crippen molar-refractivity contribution in [1.82, 2.24) is 0 Å². The van der Waals surface area contributed by atoms with Crippen molar-refractivity contribution in [3.8, 4) is 0 Å². The number of rotatable bonds is 6. The van der Waals surface area contributed by atoms with Gasteiger partial charge in [0.05, 0.1) is 0 Å². The molecule has 0 saturated carbocycles. The van der Waals surface area contributed by atoms with Crippen LogP contribution in [0.15, 0.2) is 54.1 Å². The summed E-state index contributed by atoms with van der Waals surface area (Å²) in [4.78, 5) is 0. The van der Waals surface area contributed by atoms with Gasteiger partial charge in [-0.15, -0.1) is 34.5 Å². The van der Waals surface area contributed by atoms with Crippen molar-refractivity contribution in [2.24, 2.45) is 0 Å². The average molecular weight is 472 g/mol. The molecule has 1 aliphatic rings. The molecule has 1 radical (unpaired) electrons. The maximum atomic E-state index is 5.97. The van der Waals surface area contributed by atoms with Crippen LogP contribution in [0.1, 0.15) is 24.8 Å². The Morgan fingerprint density at radius 2 is 1.84 bits per heavy atom. The molecular weight excluding hydrogens is 446 g/mol. The van der Waals surface area contributed by atoms with E-state index >= 15 is 0 Å². The smallest absolute Gasteiger partial charge is 1.00 e. The molecule has 0 fully saturated rings. The Balaban J connectivity index is 0.00000192. The minimum Gasteiger partial charge on any atom is -1.00 e. The maximum absolute atomic E-state index is 5.97. The number of hydrogen-bond acceptors (Lipinski definition) is 1. The molecule has 0 saturated heterocycles. The molecule has 0 amide bonds. The zero-order valence-corrected chi connectivity index (χ0v) is 20.1. The first-order valence-corrected chi connectivity index (χ1v) is 11.6. The van der Waals surface area contributed by atoms with Crippen molar-refractivity contribution in [1.29, 1.82) is 0 Å². The van der Waals surface area contributed by atoms with Gasteiger partial charge in [0.15, 0.2) is 8.32 Å². The second-order valence-corrected chi connectivity index (χ2v) is 11.6. The number of halogens is 2. The Morgan fingerprint density at radius 1 is 1.12 bits per heavy atom. The topological polar surface area (TPSA) is 9.23 Å². The molecule has 133 valence electrons. The first-order chi connectivity index (χ1) is 10.5. The van der Waals surface area contributed by atoms with E-state index in [0.29, 0.717) is 0 Å². The van der Waals surface area contributed by atoms with Gasteiger partial charge in [0.2, 0.25) is 0 Å². The fourth-order valence-corrected chi connectivity index (χ4v) is 3.81. The SMILES string of the molecule is C[Si](C)(C)OCCCC1=C(c2cc3ccccc3[cH-]2)CC=C1.[Cl-].[Cl-].[Zr+3]. The molecule has 0 heterocycles. The molecule has 5 heteroatoms. The third-order valence-electron chi connectivity index (χ3n) is 4.12. The Labute approximate surface area is 184 Å². The minimum absolute atomic E-state index is 0. The average Bonchev–Trinajstić information content (AvgIpc) is 3.08. The summed E-state index contributed by atoms with van der Waals surface area (Å²) in [6.45, 7) is 7.65. The van der Waals surface area contributed by atoms with Gasteiger partial charge in [-0.3, -0.25) is 0 Å². The number of fused-ring (bicyclic) bond motifs is 1. The third-order valence-corrected chi connectivity index (χ3v) is 5.19. The quantitative estimate of drug-likeness (QED) is 0.325. The summed E-state index contributed by atoms with van der Waals surface area (Å²) < 4.78 is 5.97. The van der Waals surface area contributed by atoms with E-state index in [2.05, 4.69) is 68.2 Å². The first kappa shape index (κ1) is 24.9. The molecule has 0 unspecified atom stereocenters. The molecule has 2 aromatic rings. The molecule has 1 nitrogen and oxygen atoms in total. The Bertz CT molecular complexity index is 696. The number of hydrogen-bond donors (Lipinski definition) is 0. The molecule has 3 rings (SSSR count). The van der Waals surface area contributed by atoms with Crippen LogP contribution in [-0.4, -0.2) is 14.9 Å². The molecule has 25 heavy (non-hydrogen) atoms. The van der Waals surface area contributed by atoms with E-state index in [9.17, 15) is 0 Å². The van der Waals surface area contributed by atoms with Gasteiger partial charge in [-0.1, -0.05) is 41.5 Å². The summed E-state index contributed by atoms with van der Waals surface area (Å²) in [7, 11) is -1.37. The van der Waals surface area contributed by atoms with Crippen LogP contribution in [0.5, 0.6) is 0 Å². The van der Waals surface area contributed by atoms with Gasteiger partial charge in [0.25, 0.3) is 0 Å². The van der Waals surface area contributed by atoms with E-state index in [1.807, 2.05) is 0 Å². The van der Waals surface area contributed by atoms with E-state index in [1.54, 1.807) is 0 Å². The molecular formula is C20H25Cl2OSiZr. The summed E-state index contributed by atoms with van der Waals surface area (Å²) in [5.41, 5.74) is 4.39. The van der Waals surface area contributed by atoms with Crippen LogP contribution in [-0.2, 0) is 30.6 Å². The van der Waals surface area contributed by atoms with Crippen molar-refractivity contribution in [3.63, 3.8) is 0 Å². The summed E-state index contributed by atoms with van der Waals surface area (Å²) in [6.07, 6.45) is 7.91. The summed E-state index contributed by atoms with van der Waals surface area (Å²) in [5.74, 6) is 0. The molecule has 0 spiro atoms. The predicted molar refractivity (Wildman–Crippen MR) is 98.8 cm³/mol. The number of benzene rings is 1. The van der Waals surface area contributed by atoms with Crippen LogP contribution in [0, 0.1) is 0 Å². The maximum Gasteiger partial charge on any atom is 3.00 e. The van der Waals surface area contributed by atoms with Crippen LogP contribution in [0.2, 0.25) is 19.6 Å². The van der Waals surface area contributed by atoms with E-state index < -0.39 is 8.32 Å². The van der Waals surface area contributed by atoms with E-state index in [-0.39, 0.29) is 51.0 Å². The van der Waals surface area contributed by atoms with Gasteiger partial charge in [-0.2, -0.15) is 0 Å². The monoisotopic (exact) mass is 469 g/mol. The van der Waals surface area contributed by atoms with Gasteiger partial charge in [-0.25, -0.2) is 0 Å². The first-order valence-electron chi connectivity index (χ1n) is 8.21. The second-order valence-electron chi connectivity index (χ2n) is 7.05. The van der Waals surface area contributed by atoms with E-state index in [1.165, 1.54) is 27.5 Å². The van der Waals surface area contributed by atoms with Crippen molar-refractivity contribution >= 4 is 24.7 Å². The molecule has 0 bridgehead atoms. The zero-order valence-electron chi connectivity index (χ0n) is 15.1. The minimum atomic E-state index is -1.37. The fourth-order valence-electron chi connectivity index (χ4n) is 3.05. The van der Waals surface area contributed by atoms with Gasteiger partial charge in [0.1, 0.15) is 0 Å². The third kappa shape index (κ3) is 6.88. The summed E-state index contributed by atoms with van der Waals surface area (Å²) in [5, 5.41) is 2.69. The predicted octanol–water partition coefficient (Wildman–Crippen LogP) is -0.0906. The Morgan fingerprint density at radius 3 is 2.52 bits per heavy atom. The van der Waals surface area contributed by atoms with E-state index in [0.717, 1.165) is 25.9 Å². The zero-order chi connectivity index (χ0) is 15.6. The molecule has 1 aliphatic carbocycles. The standard InChI is InChI=1S/C20H25OSi.2ClH.Zr/c1-22(2,3)21-13-7-11-16-10-6-12-20(16)19-14-17-8-4-5-9-18(17)15-19;;;/h4-6,8-10,14-15H,7,11-13H2,1-3H3;2*1H;/q-1;;;+3/p-2. The van der Waals surface area contributed by atoms with E-state index in [4.69, 9.17) is 4.43 Å². The van der Waals surface area contributed by atoms with Gasteiger partial charge < -0.3 is 29.2 Å². The molecule has 0 aromatic heterocycles. The Hall–Kier alpha value is -0.0500. The van der Waals surface area contributed by atoms with Crippen molar-refractivity contribution in [3.05, 3.63) is 59.7 Å². The normalized spacial score (nSPS) is 13.4. The van der Waals surface area contributed by atoms with Crippen molar-refractivity contribution in [2.45, 2.75) is 38.9 Å². The van der Waals surface area contributed by atoms with Crippen molar-refractivity contribution < 1.29 is 55.4 Å². The summed E-state index contributed by atoms with van der Waals surface area (Å²) in [6, 6.07) is 13.3. The van der Waals surface area contributed by atoms with Crippen LogP contribution >= 0.6 is 0 Å². The van der Waals surface area contributed by atoms with Crippen LogP contribution in [0.3, 0.4) is 0 Å². The Kier molecular flexibility index (Phi) is 10.9. The van der Waals surface area contributed by atoms with Crippen LogP contribution in [0.4, 0.5) is 0 Å². The largest absolute Gasteiger partial charge is 3.00 e. The fraction of sp³-hybridized carbons (Fsp3) is 0.350. The second kappa shape index (κ2) is 10.9. The molecule has 2 aromatic carbocycles.